The Hall–Kier alpha value is -1.28. The molecular formula is C13H9Cl2N3S. The summed E-state index contributed by atoms with van der Waals surface area (Å²) >= 11 is 13.1. The van der Waals surface area contributed by atoms with Gasteiger partial charge in [0.05, 0.1) is 0 Å². The second-order valence-corrected chi connectivity index (χ2v) is 6.01. The first-order chi connectivity index (χ1) is 9.19. The van der Waals surface area contributed by atoms with E-state index in [0.717, 1.165) is 16.4 Å². The molecular weight excluding hydrogens is 301 g/mol. The van der Waals surface area contributed by atoms with Crippen LogP contribution in [0.25, 0.3) is 0 Å². The van der Waals surface area contributed by atoms with Crippen molar-refractivity contribution in [1.82, 2.24) is 4.37 Å². The molecule has 6 heteroatoms. The predicted octanol–water partition coefficient (Wildman–Crippen LogP) is 4.29. The van der Waals surface area contributed by atoms with Crippen molar-refractivity contribution in [2.75, 3.05) is 5.32 Å². The molecule has 1 aliphatic carbocycles. The van der Waals surface area contributed by atoms with Crippen molar-refractivity contribution in [2.45, 2.75) is 18.4 Å². The van der Waals surface area contributed by atoms with Crippen LogP contribution in [0.3, 0.4) is 0 Å². The zero-order valence-corrected chi connectivity index (χ0v) is 12.1. The van der Waals surface area contributed by atoms with E-state index in [4.69, 9.17) is 28.5 Å². The zero-order valence-electron chi connectivity index (χ0n) is 9.73. The fourth-order valence-corrected chi connectivity index (χ4v) is 3.29. The van der Waals surface area contributed by atoms with E-state index in [2.05, 4.69) is 21.8 Å². The highest BCUT2D eigenvalue weighted by atomic mass is 35.5. The number of anilines is 1. The maximum atomic E-state index is 9.02. The summed E-state index contributed by atoms with van der Waals surface area (Å²) in [7, 11) is 0. The lowest BCUT2D eigenvalue weighted by Gasteiger charge is -2.03. The number of nitrogens with zero attached hydrogens (tertiary/aromatic N) is 2. The minimum absolute atomic E-state index is 0.273. The Kier molecular flexibility index (Phi) is 3.36. The van der Waals surface area contributed by atoms with Crippen molar-refractivity contribution in [1.29, 1.82) is 5.26 Å². The molecule has 1 aliphatic rings. The fraction of sp³-hybridized carbons (Fsp3) is 0.231. The SMILES string of the molecule is N#Cc1c(Cl)nsc1NC1CC1c1cccc(Cl)c1. The van der Waals surface area contributed by atoms with E-state index in [0.29, 0.717) is 17.5 Å². The van der Waals surface area contributed by atoms with Crippen LogP contribution in [0.15, 0.2) is 24.3 Å². The highest BCUT2D eigenvalue weighted by Gasteiger charge is 2.39. The van der Waals surface area contributed by atoms with Crippen LogP contribution in [0.5, 0.6) is 0 Å². The lowest BCUT2D eigenvalue weighted by molar-refractivity contribution is 1.05. The molecule has 1 fully saturated rings. The number of aromatic nitrogens is 1. The number of rotatable bonds is 3. The van der Waals surface area contributed by atoms with Crippen LogP contribution in [0, 0.1) is 11.3 Å². The molecule has 0 aliphatic heterocycles. The second-order valence-electron chi connectivity index (χ2n) is 4.44. The van der Waals surface area contributed by atoms with E-state index in [9.17, 15) is 0 Å². The highest BCUT2D eigenvalue weighted by Crippen LogP contribution is 2.44. The van der Waals surface area contributed by atoms with E-state index in [-0.39, 0.29) is 5.15 Å². The molecule has 1 N–H and O–H groups in total. The van der Waals surface area contributed by atoms with Gasteiger partial charge in [-0.15, -0.1) is 0 Å². The lowest BCUT2D eigenvalue weighted by atomic mass is 10.1. The third-order valence-corrected chi connectivity index (χ3v) is 4.53. The summed E-state index contributed by atoms with van der Waals surface area (Å²) in [6, 6.07) is 10.3. The summed E-state index contributed by atoms with van der Waals surface area (Å²) in [5.74, 6) is 0.436. The quantitative estimate of drug-likeness (QED) is 0.920. The predicted molar refractivity (Wildman–Crippen MR) is 78.1 cm³/mol. The van der Waals surface area contributed by atoms with Gasteiger partial charge in [0.15, 0.2) is 5.15 Å². The third-order valence-electron chi connectivity index (χ3n) is 3.15. The van der Waals surface area contributed by atoms with Gasteiger partial charge < -0.3 is 5.32 Å². The van der Waals surface area contributed by atoms with Gasteiger partial charge >= 0.3 is 0 Å². The molecule has 96 valence electrons. The summed E-state index contributed by atoms with van der Waals surface area (Å²) in [6.07, 6.45) is 1.03. The molecule has 3 nitrogen and oxygen atoms in total. The Labute approximate surface area is 124 Å². The molecule has 1 heterocycles. The van der Waals surface area contributed by atoms with Crippen LogP contribution in [0.2, 0.25) is 10.2 Å². The standard InChI is InChI=1S/C13H9Cl2N3S/c14-8-3-1-2-7(4-8)9-5-11(9)17-13-10(6-16)12(15)18-19-13/h1-4,9,11,17H,5H2. The number of halogens is 2. The maximum absolute atomic E-state index is 9.02. The third kappa shape index (κ3) is 2.55. The van der Waals surface area contributed by atoms with Gasteiger partial charge in [0, 0.05) is 17.0 Å². The van der Waals surface area contributed by atoms with Crippen molar-refractivity contribution in [3.05, 3.63) is 45.6 Å². The summed E-state index contributed by atoms with van der Waals surface area (Å²) in [5.41, 5.74) is 1.66. The molecule has 2 aromatic rings. The molecule has 2 atom stereocenters. The molecule has 0 saturated heterocycles. The van der Waals surface area contributed by atoms with E-state index >= 15 is 0 Å². The number of hydrogen-bond donors (Lipinski definition) is 1. The Morgan fingerprint density at radius 1 is 1.42 bits per heavy atom. The number of hydrogen-bond acceptors (Lipinski definition) is 4. The van der Waals surface area contributed by atoms with Crippen LogP contribution < -0.4 is 5.32 Å². The van der Waals surface area contributed by atoms with E-state index < -0.39 is 0 Å². The van der Waals surface area contributed by atoms with Crippen LogP contribution in [0.1, 0.15) is 23.5 Å². The molecule has 0 bridgehead atoms. The van der Waals surface area contributed by atoms with Crippen LogP contribution >= 0.6 is 34.7 Å². The number of nitrogens with one attached hydrogen (secondary N) is 1. The molecule has 2 unspecified atom stereocenters. The van der Waals surface area contributed by atoms with Gasteiger partial charge in [-0.05, 0) is 35.6 Å². The highest BCUT2D eigenvalue weighted by molar-refractivity contribution is 7.10. The van der Waals surface area contributed by atoms with Crippen molar-refractivity contribution in [3.8, 4) is 6.07 Å². The van der Waals surface area contributed by atoms with Gasteiger partial charge in [-0.1, -0.05) is 35.3 Å². The number of benzene rings is 1. The smallest absolute Gasteiger partial charge is 0.162 e. The average Bonchev–Trinajstić information content (AvgIpc) is 3.07. The minimum atomic E-state index is 0.273. The van der Waals surface area contributed by atoms with Gasteiger partial charge in [-0.3, -0.25) is 0 Å². The second kappa shape index (κ2) is 5.01. The summed E-state index contributed by atoms with van der Waals surface area (Å²) in [4.78, 5) is 0. The van der Waals surface area contributed by atoms with Crippen LogP contribution in [0.4, 0.5) is 5.00 Å². The normalized spacial score (nSPS) is 20.9. The molecule has 0 radical (unpaired) electrons. The minimum Gasteiger partial charge on any atom is -0.371 e. The zero-order chi connectivity index (χ0) is 13.4. The van der Waals surface area contributed by atoms with Crippen LogP contribution in [-0.4, -0.2) is 10.4 Å². The number of nitriles is 1. The molecule has 19 heavy (non-hydrogen) atoms. The maximum Gasteiger partial charge on any atom is 0.162 e. The Balaban J connectivity index is 1.73. The van der Waals surface area contributed by atoms with Crippen LogP contribution in [-0.2, 0) is 0 Å². The summed E-state index contributed by atoms with van der Waals surface area (Å²) < 4.78 is 3.98. The van der Waals surface area contributed by atoms with Crippen molar-refractivity contribution in [2.24, 2.45) is 0 Å². The molecule has 0 spiro atoms. The first-order valence-corrected chi connectivity index (χ1v) is 7.29. The Morgan fingerprint density at radius 3 is 3.00 bits per heavy atom. The largest absolute Gasteiger partial charge is 0.371 e. The molecule has 3 rings (SSSR count). The van der Waals surface area contributed by atoms with E-state index in [1.807, 2.05) is 18.2 Å². The lowest BCUT2D eigenvalue weighted by Crippen LogP contribution is -2.03. The van der Waals surface area contributed by atoms with Gasteiger partial charge in [0.1, 0.15) is 16.6 Å². The summed E-state index contributed by atoms with van der Waals surface area (Å²) in [6.45, 7) is 0. The van der Waals surface area contributed by atoms with Crippen molar-refractivity contribution >= 4 is 39.7 Å². The topological polar surface area (TPSA) is 48.7 Å². The monoisotopic (exact) mass is 309 g/mol. The molecule has 0 amide bonds. The molecule has 1 aromatic heterocycles. The van der Waals surface area contributed by atoms with Gasteiger partial charge in [0.2, 0.25) is 0 Å². The summed E-state index contributed by atoms with van der Waals surface area (Å²) in [5, 5.41) is 14.1. The van der Waals surface area contributed by atoms with Gasteiger partial charge in [-0.2, -0.15) is 9.64 Å². The van der Waals surface area contributed by atoms with Gasteiger partial charge in [0.25, 0.3) is 0 Å². The fourth-order valence-electron chi connectivity index (χ4n) is 2.09. The van der Waals surface area contributed by atoms with E-state index in [1.165, 1.54) is 17.1 Å². The Morgan fingerprint density at radius 2 is 2.26 bits per heavy atom. The molecule has 1 aromatic carbocycles. The average molecular weight is 310 g/mol. The van der Waals surface area contributed by atoms with Crippen molar-refractivity contribution < 1.29 is 0 Å². The Bertz CT molecular complexity index is 662. The van der Waals surface area contributed by atoms with Gasteiger partial charge in [-0.25, -0.2) is 0 Å². The van der Waals surface area contributed by atoms with E-state index in [1.54, 1.807) is 0 Å². The van der Waals surface area contributed by atoms with Crippen molar-refractivity contribution in [3.63, 3.8) is 0 Å². The first kappa shape index (κ1) is 12.7. The molecule has 1 saturated carbocycles. The first-order valence-electron chi connectivity index (χ1n) is 5.76.